The molecule has 0 unspecified atom stereocenters. The number of carbonyl (C=O) groups is 1. The molecule has 1 saturated heterocycles. The Hall–Kier alpha value is -4.32. The van der Waals surface area contributed by atoms with Crippen LogP contribution in [0.1, 0.15) is 33.0 Å². The van der Waals surface area contributed by atoms with Crippen molar-refractivity contribution in [1.82, 2.24) is 24.6 Å². The van der Waals surface area contributed by atoms with Crippen molar-refractivity contribution in [3.8, 4) is 11.4 Å². The molecular weight excluding hydrogens is 565 g/mol. The number of benzene rings is 2. The third kappa shape index (κ3) is 6.13. The zero-order chi connectivity index (χ0) is 29.5. The monoisotopic (exact) mass is 599 g/mol. The van der Waals surface area contributed by atoms with Gasteiger partial charge in [0.1, 0.15) is 39.9 Å². The number of halogens is 2. The Morgan fingerprint density at radius 2 is 1.90 bits per heavy atom. The van der Waals surface area contributed by atoms with Gasteiger partial charge in [-0.3, -0.25) is 4.79 Å². The van der Waals surface area contributed by atoms with E-state index in [2.05, 4.69) is 20.6 Å². The van der Waals surface area contributed by atoms with Crippen LogP contribution in [0.15, 0.2) is 47.4 Å². The lowest BCUT2D eigenvalue weighted by molar-refractivity contribution is 0.0509. The molecule has 0 spiro atoms. The lowest BCUT2D eigenvalue weighted by atomic mass is 10.2. The third-order valence-electron chi connectivity index (χ3n) is 6.96. The van der Waals surface area contributed by atoms with Crippen molar-refractivity contribution in [3.05, 3.63) is 64.6 Å². The minimum absolute atomic E-state index is 0. The van der Waals surface area contributed by atoms with Crippen LogP contribution in [0.2, 0.25) is 0 Å². The van der Waals surface area contributed by atoms with Gasteiger partial charge in [0.25, 0.3) is 5.56 Å². The predicted molar refractivity (Wildman–Crippen MR) is 162 cm³/mol. The number of hydrogen-bond donors (Lipinski definition) is 2. The molecule has 0 aliphatic carbocycles. The highest BCUT2D eigenvalue weighted by molar-refractivity contribution is 5.98. The van der Waals surface area contributed by atoms with E-state index in [9.17, 15) is 14.0 Å². The highest BCUT2D eigenvalue weighted by Gasteiger charge is 2.30. The van der Waals surface area contributed by atoms with Gasteiger partial charge in [-0.25, -0.2) is 14.2 Å². The fourth-order valence-corrected chi connectivity index (χ4v) is 4.99. The normalized spacial score (nSPS) is 14.9. The first-order chi connectivity index (χ1) is 19.4. The van der Waals surface area contributed by atoms with Gasteiger partial charge in [-0.05, 0) is 64.4 Å². The number of anilines is 3. The summed E-state index contributed by atoms with van der Waals surface area (Å²) in [6.45, 7) is 8.60. The molecule has 2 N–H and O–H groups in total. The van der Waals surface area contributed by atoms with Crippen molar-refractivity contribution >= 4 is 46.6 Å². The van der Waals surface area contributed by atoms with E-state index >= 15 is 0 Å². The number of alkyl carbamates (subject to hydrolysis) is 1. The van der Waals surface area contributed by atoms with E-state index in [1.165, 1.54) is 31.5 Å². The zero-order valence-corrected chi connectivity index (χ0v) is 25.2. The molecule has 1 aliphatic rings. The molecule has 42 heavy (non-hydrogen) atoms. The predicted octanol–water partition coefficient (Wildman–Crippen LogP) is 4.84. The van der Waals surface area contributed by atoms with Crippen LogP contribution in [-0.4, -0.2) is 57.3 Å². The van der Waals surface area contributed by atoms with Gasteiger partial charge in [0.2, 0.25) is 0 Å². The second kappa shape index (κ2) is 11.9. The standard InChI is InChI=1S/C29H34FN7O4.ClH/c1-17-32-25-22(35(17)5)9-8-20(26(25)36-14-12-19(16-36)33-28(39)41-29(2,3)4)34-21-11-13-31-37(27(21)38)23-15-18(30)7-10-24(23)40-6;/h7-11,13,15,19,34H,12,14,16H2,1-6H3,(H,33,39);1H/t19-;/m0./s1. The van der Waals surface area contributed by atoms with E-state index in [1.54, 1.807) is 6.07 Å². The average molecular weight is 600 g/mol. The maximum Gasteiger partial charge on any atom is 0.407 e. The van der Waals surface area contributed by atoms with E-state index in [1.807, 2.05) is 51.4 Å². The molecule has 1 atom stereocenters. The largest absolute Gasteiger partial charge is 0.494 e. The Labute approximate surface area is 249 Å². The molecule has 2 aromatic carbocycles. The number of fused-ring (bicyclic) bond motifs is 1. The van der Waals surface area contributed by atoms with Gasteiger partial charge in [0.15, 0.2) is 0 Å². The van der Waals surface area contributed by atoms with Crippen molar-refractivity contribution in [2.24, 2.45) is 7.05 Å². The molecule has 0 radical (unpaired) electrons. The second-order valence-corrected chi connectivity index (χ2v) is 11.0. The first kappa shape index (κ1) is 30.6. The molecule has 224 valence electrons. The molecule has 13 heteroatoms. The highest BCUT2D eigenvalue weighted by atomic mass is 35.5. The van der Waals surface area contributed by atoms with Crippen LogP contribution in [0, 0.1) is 12.7 Å². The molecule has 3 heterocycles. The Morgan fingerprint density at radius 3 is 2.62 bits per heavy atom. The fourth-order valence-electron chi connectivity index (χ4n) is 4.99. The van der Waals surface area contributed by atoms with E-state index in [0.717, 1.165) is 27.2 Å². The fraction of sp³-hybridized carbons (Fsp3) is 0.379. The van der Waals surface area contributed by atoms with Crippen LogP contribution in [0.4, 0.5) is 26.2 Å². The summed E-state index contributed by atoms with van der Waals surface area (Å²) >= 11 is 0. The van der Waals surface area contributed by atoms with E-state index in [0.29, 0.717) is 30.9 Å². The molecule has 1 fully saturated rings. The molecule has 11 nitrogen and oxygen atoms in total. The number of aryl methyl sites for hydroxylation is 2. The minimum Gasteiger partial charge on any atom is -0.494 e. The number of nitrogens with one attached hydrogen (secondary N) is 2. The van der Waals surface area contributed by atoms with Crippen molar-refractivity contribution in [3.63, 3.8) is 0 Å². The number of imidazole rings is 1. The van der Waals surface area contributed by atoms with Gasteiger partial charge in [-0.2, -0.15) is 9.78 Å². The van der Waals surface area contributed by atoms with Crippen molar-refractivity contribution in [2.75, 3.05) is 30.4 Å². The number of amides is 1. The smallest absolute Gasteiger partial charge is 0.407 e. The number of carbonyl (C=O) groups excluding carboxylic acids is 1. The quantitative estimate of drug-likeness (QED) is 0.323. The summed E-state index contributed by atoms with van der Waals surface area (Å²) in [5.74, 6) is 0.630. The number of ether oxygens (including phenoxy) is 2. The summed E-state index contributed by atoms with van der Waals surface area (Å²) in [6.07, 6.45) is 1.72. The lowest BCUT2D eigenvalue weighted by Crippen LogP contribution is -2.40. The number of methoxy groups -OCH3 is 1. The Morgan fingerprint density at radius 1 is 1.14 bits per heavy atom. The second-order valence-electron chi connectivity index (χ2n) is 11.0. The highest BCUT2D eigenvalue weighted by Crippen LogP contribution is 2.37. The van der Waals surface area contributed by atoms with Crippen molar-refractivity contribution < 1.29 is 18.7 Å². The van der Waals surface area contributed by atoms with Gasteiger partial charge in [-0.15, -0.1) is 12.4 Å². The van der Waals surface area contributed by atoms with Gasteiger partial charge in [0.05, 0.1) is 36.2 Å². The third-order valence-corrected chi connectivity index (χ3v) is 6.96. The van der Waals surface area contributed by atoms with Gasteiger partial charge < -0.3 is 29.6 Å². The first-order valence-corrected chi connectivity index (χ1v) is 13.3. The van der Waals surface area contributed by atoms with Crippen LogP contribution in [0.5, 0.6) is 5.75 Å². The van der Waals surface area contributed by atoms with E-state index in [4.69, 9.17) is 14.5 Å². The lowest BCUT2D eigenvalue weighted by Gasteiger charge is -2.24. The maximum absolute atomic E-state index is 14.1. The maximum atomic E-state index is 14.1. The van der Waals surface area contributed by atoms with Crippen LogP contribution in [0.3, 0.4) is 0 Å². The average Bonchev–Trinajstić information content (AvgIpc) is 3.47. The number of rotatable bonds is 6. The SMILES string of the molecule is COc1ccc(F)cc1-n1nccc(Nc2ccc3c(nc(C)n3C)c2N2CC[C@H](NC(=O)OC(C)(C)C)C2)c1=O.Cl. The molecular formula is C29H35ClFN7O4. The van der Waals surface area contributed by atoms with Crippen LogP contribution < -0.4 is 25.8 Å². The summed E-state index contributed by atoms with van der Waals surface area (Å²) in [5.41, 5.74) is 2.53. The van der Waals surface area contributed by atoms with Crippen LogP contribution >= 0.6 is 12.4 Å². The molecule has 1 aliphatic heterocycles. The van der Waals surface area contributed by atoms with Gasteiger partial charge >= 0.3 is 6.09 Å². The molecule has 1 amide bonds. The number of nitrogens with zero attached hydrogens (tertiary/aromatic N) is 5. The zero-order valence-electron chi connectivity index (χ0n) is 24.4. The summed E-state index contributed by atoms with van der Waals surface area (Å²) < 4.78 is 28.0. The van der Waals surface area contributed by atoms with Crippen LogP contribution in [-0.2, 0) is 11.8 Å². The van der Waals surface area contributed by atoms with Crippen molar-refractivity contribution in [2.45, 2.75) is 45.8 Å². The van der Waals surface area contributed by atoms with Gasteiger partial charge in [-0.1, -0.05) is 0 Å². The Balaban J connectivity index is 0.00000405. The number of hydrogen-bond acceptors (Lipinski definition) is 8. The summed E-state index contributed by atoms with van der Waals surface area (Å²) in [4.78, 5) is 33.0. The van der Waals surface area contributed by atoms with E-state index < -0.39 is 23.1 Å². The minimum atomic E-state index is -0.594. The number of aromatic nitrogens is 4. The first-order valence-electron chi connectivity index (χ1n) is 13.3. The summed E-state index contributed by atoms with van der Waals surface area (Å²) in [5, 5.41) is 10.4. The van der Waals surface area contributed by atoms with Crippen LogP contribution in [0.25, 0.3) is 16.7 Å². The van der Waals surface area contributed by atoms with Crippen molar-refractivity contribution in [1.29, 1.82) is 0 Å². The molecule has 2 aromatic heterocycles. The topological polar surface area (TPSA) is 116 Å². The summed E-state index contributed by atoms with van der Waals surface area (Å²) in [7, 11) is 3.40. The Bertz CT molecular complexity index is 1680. The molecule has 5 rings (SSSR count). The van der Waals surface area contributed by atoms with E-state index in [-0.39, 0.29) is 29.8 Å². The summed E-state index contributed by atoms with van der Waals surface area (Å²) in [6, 6.07) is 9.20. The molecule has 4 aromatic rings. The molecule has 0 saturated carbocycles. The Kier molecular flexibility index (Phi) is 8.67. The van der Waals surface area contributed by atoms with Gasteiger partial charge in [0, 0.05) is 26.2 Å². The molecule has 0 bridgehead atoms.